The molecule has 3 nitrogen and oxygen atoms in total. The third-order valence-electron chi connectivity index (χ3n) is 3.66. The number of carbonyl (C=O) groups is 1. The predicted molar refractivity (Wildman–Crippen MR) is 78.2 cm³/mol. The minimum Gasteiger partial charge on any atom is -0.352 e. The van der Waals surface area contributed by atoms with Crippen molar-refractivity contribution >= 4 is 17.5 Å². The fourth-order valence-electron chi connectivity index (χ4n) is 2.20. The summed E-state index contributed by atoms with van der Waals surface area (Å²) in [4.78, 5) is 11.8. The summed E-state index contributed by atoms with van der Waals surface area (Å²) < 4.78 is 0. The van der Waals surface area contributed by atoms with Gasteiger partial charge in [-0.2, -0.15) is 0 Å². The van der Waals surface area contributed by atoms with E-state index in [0.29, 0.717) is 18.5 Å². The highest BCUT2D eigenvalue weighted by molar-refractivity contribution is 6.31. The second-order valence-electron chi connectivity index (χ2n) is 5.32. The van der Waals surface area contributed by atoms with Gasteiger partial charge < -0.3 is 10.6 Å². The standard InChI is InChI=1S/C15H21ClN2O/c1-10(12-7-8-12)18-15(19)9-17-11(2)13-5-3-4-6-14(13)16/h3-6,10-12,17H,7-9H2,1-2H3,(H,18,19)/t10-,11-/m0/s1. The fraction of sp³-hybridized carbons (Fsp3) is 0.533. The maximum absolute atomic E-state index is 11.8. The lowest BCUT2D eigenvalue weighted by Crippen LogP contribution is -2.40. The second kappa shape index (κ2) is 6.40. The Labute approximate surface area is 119 Å². The van der Waals surface area contributed by atoms with Crippen molar-refractivity contribution in [3.05, 3.63) is 34.9 Å². The minimum atomic E-state index is 0.0540. The molecule has 4 heteroatoms. The summed E-state index contributed by atoms with van der Waals surface area (Å²) in [5.41, 5.74) is 1.02. The van der Waals surface area contributed by atoms with Crippen molar-refractivity contribution in [2.24, 2.45) is 5.92 Å². The van der Waals surface area contributed by atoms with Crippen molar-refractivity contribution < 1.29 is 4.79 Å². The molecular weight excluding hydrogens is 260 g/mol. The van der Waals surface area contributed by atoms with Crippen LogP contribution in [0.4, 0.5) is 0 Å². The van der Waals surface area contributed by atoms with Crippen molar-refractivity contribution in [3.8, 4) is 0 Å². The van der Waals surface area contributed by atoms with Crippen molar-refractivity contribution in [1.29, 1.82) is 0 Å². The Morgan fingerprint density at radius 1 is 1.37 bits per heavy atom. The third kappa shape index (κ3) is 4.22. The van der Waals surface area contributed by atoms with Crippen LogP contribution in [0.25, 0.3) is 0 Å². The molecule has 0 aromatic heterocycles. The van der Waals surface area contributed by atoms with E-state index in [1.54, 1.807) is 0 Å². The molecule has 19 heavy (non-hydrogen) atoms. The molecule has 1 aliphatic rings. The molecule has 2 rings (SSSR count). The normalized spacial score (nSPS) is 17.8. The van der Waals surface area contributed by atoms with E-state index in [0.717, 1.165) is 10.6 Å². The van der Waals surface area contributed by atoms with Gasteiger partial charge in [-0.3, -0.25) is 4.79 Å². The van der Waals surface area contributed by atoms with E-state index in [2.05, 4.69) is 17.6 Å². The van der Waals surface area contributed by atoms with Crippen molar-refractivity contribution in [3.63, 3.8) is 0 Å². The summed E-state index contributed by atoms with van der Waals surface area (Å²) >= 11 is 6.13. The summed E-state index contributed by atoms with van der Waals surface area (Å²) in [7, 11) is 0. The molecule has 0 saturated heterocycles. The van der Waals surface area contributed by atoms with Crippen LogP contribution in [0.5, 0.6) is 0 Å². The molecule has 1 aromatic rings. The molecule has 1 fully saturated rings. The van der Waals surface area contributed by atoms with Gasteiger partial charge in [0.15, 0.2) is 0 Å². The summed E-state index contributed by atoms with van der Waals surface area (Å²) in [6, 6.07) is 8.06. The van der Waals surface area contributed by atoms with Gasteiger partial charge in [-0.15, -0.1) is 0 Å². The first-order valence-corrected chi connectivity index (χ1v) is 7.23. The average molecular weight is 281 g/mol. The van der Waals surface area contributed by atoms with Gasteiger partial charge in [0.05, 0.1) is 6.54 Å². The van der Waals surface area contributed by atoms with E-state index in [9.17, 15) is 4.79 Å². The monoisotopic (exact) mass is 280 g/mol. The molecule has 0 unspecified atom stereocenters. The molecule has 1 aliphatic carbocycles. The lowest BCUT2D eigenvalue weighted by atomic mass is 10.1. The van der Waals surface area contributed by atoms with Gasteiger partial charge in [0, 0.05) is 17.1 Å². The Morgan fingerprint density at radius 3 is 2.68 bits per heavy atom. The Bertz CT molecular complexity index is 446. The van der Waals surface area contributed by atoms with Crippen LogP contribution < -0.4 is 10.6 Å². The molecule has 0 aliphatic heterocycles. The van der Waals surface area contributed by atoms with Gasteiger partial charge in [-0.1, -0.05) is 29.8 Å². The van der Waals surface area contributed by atoms with Crippen LogP contribution in [0, 0.1) is 5.92 Å². The number of amides is 1. The highest BCUT2D eigenvalue weighted by Gasteiger charge is 2.28. The van der Waals surface area contributed by atoms with E-state index in [-0.39, 0.29) is 11.9 Å². The van der Waals surface area contributed by atoms with E-state index >= 15 is 0 Å². The highest BCUT2D eigenvalue weighted by atomic mass is 35.5. The van der Waals surface area contributed by atoms with Gasteiger partial charge in [0.25, 0.3) is 0 Å². The zero-order valence-electron chi connectivity index (χ0n) is 11.4. The minimum absolute atomic E-state index is 0.0540. The number of hydrogen-bond acceptors (Lipinski definition) is 2. The van der Waals surface area contributed by atoms with Crippen molar-refractivity contribution in [2.45, 2.75) is 38.8 Å². The smallest absolute Gasteiger partial charge is 0.234 e. The van der Waals surface area contributed by atoms with Crippen LogP contribution in [-0.4, -0.2) is 18.5 Å². The Hall–Kier alpha value is -1.06. The van der Waals surface area contributed by atoms with Crippen LogP contribution >= 0.6 is 11.6 Å². The summed E-state index contributed by atoms with van der Waals surface area (Å²) in [6.07, 6.45) is 2.48. The number of benzene rings is 1. The molecule has 2 N–H and O–H groups in total. The first-order valence-electron chi connectivity index (χ1n) is 6.85. The van der Waals surface area contributed by atoms with Crippen LogP contribution in [0.3, 0.4) is 0 Å². The molecule has 2 atom stereocenters. The summed E-state index contributed by atoms with van der Waals surface area (Å²) in [5.74, 6) is 0.739. The number of carbonyl (C=O) groups excluding carboxylic acids is 1. The third-order valence-corrected chi connectivity index (χ3v) is 4.00. The number of halogens is 1. The maximum Gasteiger partial charge on any atom is 0.234 e. The van der Waals surface area contributed by atoms with Crippen LogP contribution in [-0.2, 0) is 4.79 Å². The number of hydrogen-bond donors (Lipinski definition) is 2. The zero-order valence-corrected chi connectivity index (χ0v) is 12.2. The van der Waals surface area contributed by atoms with Gasteiger partial charge >= 0.3 is 0 Å². The second-order valence-corrected chi connectivity index (χ2v) is 5.72. The van der Waals surface area contributed by atoms with E-state index in [1.165, 1.54) is 12.8 Å². The molecule has 0 spiro atoms. The van der Waals surface area contributed by atoms with Crippen LogP contribution in [0.2, 0.25) is 5.02 Å². The molecule has 0 bridgehead atoms. The fourth-order valence-corrected chi connectivity index (χ4v) is 2.50. The average Bonchev–Trinajstić information content (AvgIpc) is 3.20. The first-order chi connectivity index (χ1) is 9.08. The quantitative estimate of drug-likeness (QED) is 0.841. The largest absolute Gasteiger partial charge is 0.352 e. The predicted octanol–water partition coefficient (Wildman–Crippen LogP) is 2.91. The molecule has 0 heterocycles. The van der Waals surface area contributed by atoms with Crippen molar-refractivity contribution in [2.75, 3.05) is 6.54 Å². The highest BCUT2D eigenvalue weighted by Crippen LogP contribution is 2.32. The van der Waals surface area contributed by atoms with Crippen LogP contribution in [0.1, 0.15) is 38.3 Å². The lowest BCUT2D eigenvalue weighted by Gasteiger charge is -2.17. The molecule has 1 aromatic carbocycles. The topological polar surface area (TPSA) is 41.1 Å². The van der Waals surface area contributed by atoms with Crippen LogP contribution in [0.15, 0.2) is 24.3 Å². The molecule has 104 valence electrons. The van der Waals surface area contributed by atoms with E-state index in [4.69, 9.17) is 11.6 Å². The Balaban J connectivity index is 1.78. The van der Waals surface area contributed by atoms with E-state index < -0.39 is 0 Å². The van der Waals surface area contributed by atoms with Gasteiger partial charge in [-0.25, -0.2) is 0 Å². The van der Waals surface area contributed by atoms with Gasteiger partial charge in [0.2, 0.25) is 5.91 Å². The first kappa shape index (κ1) is 14.4. The summed E-state index contributed by atoms with van der Waals surface area (Å²) in [6.45, 7) is 4.41. The van der Waals surface area contributed by atoms with Gasteiger partial charge in [0.1, 0.15) is 0 Å². The molecular formula is C15H21ClN2O. The molecule has 0 radical (unpaired) electrons. The number of rotatable bonds is 6. The maximum atomic E-state index is 11.8. The lowest BCUT2D eigenvalue weighted by molar-refractivity contribution is -0.121. The SMILES string of the molecule is C[C@H](NCC(=O)N[C@@H](C)C1CC1)c1ccccc1Cl. The zero-order chi connectivity index (χ0) is 13.8. The van der Waals surface area contributed by atoms with Crippen molar-refractivity contribution in [1.82, 2.24) is 10.6 Å². The Morgan fingerprint density at radius 2 is 2.05 bits per heavy atom. The van der Waals surface area contributed by atoms with E-state index in [1.807, 2.05) is 31.2 Å². The summed E-state index contributed by atoms with van der Waals surface area (Å²) in [5, 5.41) is 6.97. The molecule has 1 saturated carbocycles. The molecule has 1 amide bonds. The Kier molecular flexibility index (Phi) is 4.83. The van der Waals surface area contributed by atoms with Gasteiger partial charge in [-0.05, 0) is 44.2 Å². The number of nitrogens with one attached hydrogen (secondary N) is 2.